The van der Waals surface area contributed by atoms with Gasteiger partial charge >= 0.3 is 0 Å². The fourth-order valence-corrected chi connectivity index (χ4v) is 4.02. The van der Waals surface area contributed by atoms with Gasteiger partial charge in [0.15, 0.2) is 5.03 Å². The quantitative estimate of drug-likeness (QED) is 0.573. The van der Waals surface area contributed by atoms with Crippen LogP contribution in [0.15, 0.2) is 41.4 Å². The molecule has 0 aliphatic heterocycles. The Morgan fingerprint density at radius 3 is 1.93 bits per heavy atom. The summed E-state index contributed by atoms with van der Waals surface area (Å²) >= 11 is 11.5. The van der Waals surface area contributed by atoms with Crippen LogP contribution in [0.4, 0.5) is 8.78 Å². The lowest BCUT2D eigenvalue weighted by Crippen LogP contribution is -2.07. The molecule has 27 heavy (non-hydrogen) atoms. The molecule has 0 fully saturated rings. The van der Waals surface area contributed by atoms with Crippen LogP contribution in [0, 0.1) is 23.3 Å². The van der Waals surface area contributed by atoms with Crippen LogP contribution in [0.2, 0.25) is 10.0 Å². The summed E-state index contributed by atoms with van der Waals surface area (Å²) in [6.07, 6.45) is 1.26. The van der Waals surface area contributed by atoms with Crippen molar-refractivity contribution in [1.29, 1.82) is 4.78 Å². The zero-order valence-electron chi connectivity index (χ0n) is 14.3. The average molecular weight is 430 g/mol. The molecule has 0 bridgehead atoms. The second-order valence-electron chi connectivity index (χ2n) is 6.18. The van der Waals surface area contributed by atoms with Gasteiger partial charge in [0.2, 0.25) is 0 Å². The average Bonchev–Trinajstić information content (AvgIpc) is 2.96. The first-order valence-electron chi connectivity index (χ1n) is 7.78. The molecule has 0 spiro atoms. The second-order valence-corrected chi connectivity index (χ2v) is 9.06. The molecule has 1 atom stereocenters. The molecule has 0 saturated heterocycles. The molecule has 142 valence electrons. The van der Waals surface area contributed by atoms with Crippen LogP contribution in [0.25, 0.3) is 0 Å². The fourth-order valence-electron chi connectivity index (χ4n) is 2.87. The van der Waals surface area contributed by atoms with Crippen molar-refractivity contribution in [3.05, 3.63) is 80.7 Å². The van der Waals surface area contributed by atoms with E-state index in [2.05, 4.69) is 9.97 Å². The summed E-state index contributed by atoms with van der Waals surface area (Å²) in [5.74, 6) is -1.64. The fraction of sp³-hybridized carbons (Fsp3) is 0.167. The molecule has 4 nitrogen and oxygen atoms in total. The highest BCUT2D eigenvalue weighted by atomic mass is 35.5. The van der Waals surface area contributed by atoms with Crippen LogP contribution in [0.1, 0.15) is 28.6 Å². The van der Waals surface area contributed by atoms with Crippen LogP contribution < -0.4 is 0 Å². The van der Waals surface area contributed by atoms with E-state index in [1.165, 1.54) is 30.5 Å². The van der Waals surface area contributed by atoms with Crippen molar-refractivity contribution in [3.8, 4) is 0 Å². The SMILES string of the molecule is Cc1[nH]c(C(c2ccc(Cl)c(F)c2)c2ccc(Cl)c(F)c2)nc1[S@@](C)(=N)=O. The van der Waals surface area contributed by atoms with Crippen LogP contribution in [-0.4, -0.2) is 20.4 Å². The molecule has 9 heteroatoms. The van der Waals surface area contributed by atoms with Gasteiger partial charge in [0.05, 0.1) is 25.7 Å². The Kier molecular flexibility index (Phi) is 5.29. The first-order valence-corrected chi connectivity index (χ1v) is 10.5. The molecule has 2 N–H and O–H groups in total. The predicted octanol–water partition coefficient (Wildman–Crippen LogP) is 5.52. The number of imidazole rings is 1. The van der Waals surface area contributed by atoms with E-state index in [0.29, 0.717) is 22.6 Å². The molecule has 1 heterocycles. The van der Waals surface area contributed by atoms with Crippen molar-refractivity contribution >= 4 is 32.9 Å². The summed E-state index contributed by atoms with van der Waals surface area (Å²) in [5, 5.41) is 0.0176. The van der Waals surface area contributed by atoms with Crippen molar-refractivity contribution < 1.29 is 13.0 Å². The standard InChI is InChI=1S/C18H15Cl2F2N3OS/c1-9-18(27(2,23)26)25-17(24-9)16(10-3-5-12(19)14(21)7-10)11-4-6-13(20)15(22)8-11/h3-8,16,23H,1-2H3,(H,24,25)/t27-/m0/s1. The lowest BCUT2D eigenvalue weighted by atomic mass is 9.90. The minimum Gasteiger partial charge on any atom is -0.344 e. The molecular formula is C18H15Cl2F2N3OS. The van der Waals surface area contributed by atoms with Crippen LogP contribution in [0.3, 0.4) is 0 Å². The topological polar surface area (TPSA) is 69.6 Å². The third kappa shape index (κ3) is 4.00. The normalized spacial score (nSPS) is 13.7. The van der Waals surface area contributed by atoms with Crippen LogP contribution in [-0.2, 0) is 9.73 Å². The number of nitrogens with zero attached hydrogens (tertiary/aromatic N) is 1. The number of halogens is 4. The lowest BCUT2D eigenvalue weighted by molar-refractivity contribution is 0.621. The summed E-state index contributed by atoms with van der Waals surface area (Å²) < 4.78 is 48.0. The summed E-state index contributed by atoms with van der Waals surface area (Å²) in [4.78, 5) is 7.30. The van der Waals surface area contributed by atoms with Gasteiger partial charge in [-0.15, -0.1) is 0 Å². The van der Waals surface area contributed by atoms with E-state index in [1.54, 1.807) is 19.1 Å². The van der Waals surface area contributed by atoms with Crippen molar-refractivity contribution in [2.24, 2.45) is 0 Å². The molecule has 0 aliphatic carbocycles. The Morgan fingerprint density at radius 2 is 1.56 bits per heavy atom. The van der Waals surface area contributed by atoms with E-state index >= 15 is 0 Å². The summed E-state index contributed by atoms with van der Waals surface area (Å²) in [5.41, 5.74) is 1.39. The first-order chi connectivity index (χ1) is 12.6. The van der Waals surface area contributed by atoms with Crippen molar-refractivity contribution in [3.63, 3.8) is 0 Å². The van der Waals surface area contributed by atoms with Gasteiger partial charge < -0.3 is 4.98 Å². The molecule has 0 radical (unpaired) electrons. The molecule has 2 aromatic carbocycles. The zero-order chi connectivity index (χ0) is 19.9. The third-order valence-corrected chi connectivity index (χ3v) is 5.80. The largest absolute Gasteiger partial charge is 0.344 e. The molecular weight excluding hydrogens is 415 g/mol. The summed E-state index contributed by atoms with van der Waals surface area (Å²) in [6, 6.07) is 8.47. The van der Waals surface area contributed by atoms with Gasteiger partial charge in [-0.25, -0.2) is 22.8 Å². The maximum Gasteiger partial charge on any atom is 0.156 e. The van der Waals surface area contributed by atoms with Gasteiger partial charge in [-0.05, 0) is 42.3 Å². The number of aromatic nitrogens is 2. The van der Waals surface area contributed by atoms with E-state index in [4.69, 9.17) is 28.0 Å². The molecule has 0 aliphatic rings. The van der Waals surface area contributed by atoms with E-state index in [-0.39, 0.29) is 15.1 Å². The number of rotatable bonds is 4. The molecule has 1 aromatic heterocycles. The predicted molar refractivity (Wildman–Crippen MR) is 102 cm³/mol. The van der Waals surface area contributed by atoms with Crippen molar-refractivity contribution in [2.45, 2.75) is 17.9 Å². The molecule has 3 rings (SSSR count). The number of aryl methyl sites for hydroxylation is 1. The molecule has 0 amide bonds. The van der Waals surface area contributed by atoms with Gasteiger partial charge in [-0.2, -0.15) is 0 Å². The first kappa shape index (κ1) is 19.8. The number of benzene rings is 2. The maximum absolute atomic E-state index is 14.1. The number of hydrogen-bond acceptors (Lipinski definition) is 3. The Balaban J connectivity index is 2.24. The van der Waals surface area contributed by atoms with Crippen molar-refractivity contribution in [2.75, 3.05) is 6.26 Å². The highest BCUT2D eigenvalue weighted by molar-refractivity contribution is 7.91. The van der Waals surface area contributed by atoms with Gasteiger partial charge in [-0.3, -0.25) is 0 Å². The smallest absolute Gasteiger partial charge is 0.156 e. The Hall–Kier alpha value is -1.96. The Bertz CT molecular complexity index is 1080. The lowest BCUT2D eigenvalue weighted by Gasteiger charge is -2.17. The molecule has 0 saturated carbocycles. The van der Waals surface area contributed by atoms with E-state index in [1.807, 2.05) is 0 Å². The molecule has 3 aromatic rings. The summed E-state index contributed by atoms with van der Waals surface area (Å²) in [6.45, 7) is 1.64. The van der Waals surface area contributed by atoms with Crippen LogP contribution in [0.5, 0.6) is 0 Å². The molecule has 0 unspecified atom stereocenters. The highest BCUT2D eigenvalue weighted by Crippen LogP contribution is 2.34. The monoisotopic (exact) mass is 429 g/mol. The third-order valence-electron chi connectivity index (χ3n) is 4.05. The highest BCUT2D eigenvalue weighted by Gasteiger charge is 2.25. The Morgan fingerprint density at radius 1 is 1.07 bits per heavy atom. The Labute approximate surface area is 165 Å². The van der Waals surface area contributed by atoms with Gasteiger partial charge in [0.25, 0.3) is 0 Å². The van der Waals surface area contributed by atoms with Gasteiger partial charge in [0, 0.05) is 11.9 Å². The number of hydrogen-bond donors (Lipinski definition) is 2. The maximum atomic E-state index is 14.1. The number of aromatic amines is 1. The van der Waals surface area contributed by atoms with E-state index < -0.39 is 27.3 Å². The van der Waals surface area contributed by atoms with Crippen molar-refractivity contribution in [1.82, 2.24) is 9.97 Å². The minimum absolute atomic E-state index is 0.0427. The summed E-state index contributed by atoms with van der Waals surface area (Å²) in [7, 11) is -3.07. The number of H-pyrrole nitrogens is 1. The van der Waals surface area contributed by atoms with Crippen LogP contribution >= 0.6 is 23.2 Å². The van der Waals surface area contributed by atoms with Gasteiger partial charge in [0.1, 0.15) is 17.5 Å². The van der Waals surface area contributed by atoms with Gasteiger partial charge in [-0.1, -0.05) is 35.3 Å². The van der Waals surface area contributed by atoms with E-state index in [0.717, 1.165) is 0 Å². The zero-order valence-corrected chi connectivity index (χ0v) is 16.6. The second kappa shape index (κ2) is 7.22. The van der Waals surface area contributed by atoms with E-state index in [9.17, 15) is 13.0 Å². The number of nitrogens with one attached hydrogen (secondary N) is 2. The minimum atomic E-state index is -3.07.